The smallest absolute Gasteiger partial charge is 0.293 e. The Morgan fingerprint density at radius 1 is 1.38 bits per heavy atom. The minimum Gasteiger partial charge on any atom is -0.293 e. The van der Waals surface area contributed by atoms with E-state index in [9.17, 15) is 9.59 Å². The number of aliphatic imine (C=N–C) groups is 1. The van der Waals surface area contributed by atoms with Crippen LogP contribution < -0.4 is 5.32 Å². The van der Waals surface area contributed by atoms with Crippen LogP contribution in [0.4, 0.5) is 4.79 Å². The molecule has 0 saturated carbocycles. The average molecular weight is 238 g/mol. The molecule has 6 heteroatoms. The van der Waals surface area contributed by atoms with Crippen molar-refractivity contribution >= 4 is 29.6 Å². The first-order chi connectivity index (χ1) is 7.66. The summed E-state index contributed by atoms with van der Waals surface area (Å²) in [6, 6.07) is 8.13. The van der Waals surface area contributed by atoms with Crippen LogP contribution in [-0.2, 0) is 0 Å². The van der Waals surface area contributed by atoms with E-state index >= 15 is 0 Å². The second-order valence-electron chi connectivity index (χ2n) is 3.18. The van der Waals surface area contributed by atoms with Crippen molar-refractivity contribution in [2.75, 3.05) is 6.54 Å². The molecule has 0 atom stereocenters. The number of benzene rings is 1. The number of nitrogens with one attached hydrogen (secondary N) is 1. The quantitative estimate of drug-likeness (QED) is 0.751. The molecule has 0 aliphatic carbocycles. The highest BCUT2D eigenvalue weighted by Crippen LogP contribution is 2.05. The third-order valence-corrected chi connectivity index (χ3v) is 2.29. The number of halogens is 1. The van der Waals surface area contributed by atoms with Crippen LogP contribution in [0.3, 0.4) is 0 Å². The topological polar surface area (TPSA) is 61.8 Å². The lowest BCUT2D eigenvalue weighted by atomic mass is 10.2. The van der Waals surface area contributed by atoms with Crippen molar-refractivity contribution in [2.24, 2.45) is 4.99 Å². The predicted molar refractivity (Wildman–Crippen MR) is 59.3 cm³/mol. The van der Waals surface area contributed by atoms with Gasteiger partial charge in [-0.1, -0.05) is 18.2 Å². The average Bonchev–Trinajstić information content (AvgIpc) is 2.59. The number of carbonyl (C=O) groups is 2. The van der Waals surface area contributed by atoms with Crippen LogP contribution in [0.25, 0.3) is 0 Å². The molecule has 0 unspecified atom stereocenters. The lowest BCUT2D eigenvalue weighted by Gasteiger charge is -1.96. The molecule has 3 amide bonds. The van der Waals surface area contributed by atoms with Crippen molar-refractivity contribution in [3.8, 4) is 0 Å². The molecule has 0 aromatic heterocycles. The van der Waals surface area contributed by atoms with Crippen LogP contribution in [0.15, 0.2) is 35.3 Å². The summed E-state index contributed by atoms with van der Waals surface area (Å²) in [5.74, 6) is -0.142. The fourth-order valence-electron chi connectivity index (χ4n) is 1.26. The lowest BCUT2D eigenvalue weighted by Crippen LogP contribution is -2.22. The number of carbonyl (C=O) groups excluding carboxylic acids is 2. The van der Waals surface area contributed by atoms with Crippen LogP contribution in [0.5, 0.6) is 0 Å². The van der Waals surface area contributed by atoms with Crippen LogP contribution in [0, 0.1) is 0 Å². The van der Waals surface area contributed by atoms with E-state index < -0.39 is 11.9 Å². The Bertz CT molecular complexity index is 458. The van der Waals surface area contributed by atoms with Crippen molar-refractivity contribution in [3.63, 3.8) is 0 Å². The van der Waals surface area contributed by atoms with Crippen LogP contribution in [-0.4, -0.2) is 28.7 Å². The molecule has 1 fully saturated rings. The number of nitrogens with zero attached hydrogens (tertiary/aromatic N) is 2. The van der Waals surface area contributed by atoms with E-state index in [0.29, 0.717) is 5.56 Å². The largest absolute Gasteiger partial charge is 0.337 e. The van der Waals surface area contributed by atoms with Crippen LogP contribution >= 0.6 is 11.8 Å². The number of hydrogen-bond donors (Lipinski definition) is 1. The summed E-state index contributed by atoms with van der Waals surface area (Å²) >= 11 is 5.52. The molecule has 0 radical (unpaired) electrons. The maximum absolute atomic E-state index is 11.6. The predicted octanol–water partition coefficient (Wildman–Crippen LogP) is 1.40. The second kappa shape index (κ2) is 4.32. The van der Waals surface area contributed by atoms with Crippen LogP contribution in [0.1, 0.15) is 10.4 Å². The highest BCUT2D eigenvalue weighted by Gasteiger charge is 2.24. The third-order valence-electron chi connectivity index (χ3n) is 2.02. The van der Waals surface area contributed by atoms with E-state index in [1.54, 1.807) is 24.3 Å². The Morgan fingerprint density at radius 2 is 2.06 bits per heavy atom. The van der Waals surface area contributed by atoms with Gasteiger partial charge in [-0.3, -0.25) is 10.1 Å². The Morgan fingerprint density at radius 3 is 2.62 bits per heavy atom. The zero-order valence-corrected chi connectivity index (χ0v) is 8.94. The first-order valence-electron chi connectivity index (χ1n) is 4.58. The summed E-state index contributed by atoms with van der Waals surface area (Å²) in [6.07, 6.45) is 0. The molecule has 0 spiro atoms. The molecule has 1 aliphatic heterocycles. The fraction of sp³-hybridized carbons (Fsp3) is 0.100. The number of amidine groups is 1. The monoisotopic (exact) mass is 237 g/mol. The first-order valence-corrected chi connectivity index (χ1v) is 4.92. The summed E-state index contributed by atoms with van der Waals surface area (Å²) in [7, 11) is 0. The van der Waals surface area contributed by atoms with E-state index in [2.05, 4.69) is 10.3 Å². The molecule has 1 aromatic carbocycles. The molecular weight excluding hydrogens is 230 g/mol. The molecular formula is C10H8ClN3O2. The Balaban J connectivity index is 2.14. The molecule has 5 nitrogen and oxygen atoms in total. The van der Waals surface area contributed by atoms with Crippen molar-refractivity contribution in [3.05, 3.63) is 35.9 Å². The van der Waals surface area contributed by atoms with Crippen molar-refractivity contribution in [1.82, 2.24) is 9.74 Å². The minimum absolute atomic E-state index is 0.110. The number of hydrogen-bond acceptors (Lipinski definition) is 2. The van der Waals surface area contributed by atoms with Gasteiger partial charge in [-0.25, -0.2) is 9.21 Å². The highest BCUT2D eigenvalue weighted by atomic mass is 35.5. The summed E-state index contributed by atoms with van der Waals surface area (Å²) in [5.41, 5.74) is 0.470. The van der Waals surface area contributed by atoms with E-state index in [1.165, 1.54) is 0 Å². The summed E-state index contributed by atoms with van der Waals surface area (Å²) in [4.78, 5) is 26.4. The van der Waals surface area contributed by atoms with E-state index in [1.807, 2.05) is 6.07 Å². The number of rotatable bonds is 1. The van der Waals surface area contributed by atoms with Crippen LogP contribution in [0.2, 0.25) is 0 Å². The molecule has 82 valence electrons. The van der Waals surface area contributed by atoms with Gasteiger partial charge in [0.1, 0.15) is 5.84 Å². The second-order valence-corrected chi connectivity index (χ2v) is 3.59. The molecule has 1 saturated heterocycles. The SMILES string of the molecule is O=C(N=C1CN(Cl)C(=O)N1)c1ccccc1. The molecule has 1 N–H and O–H groups in total. The fourth-order valence-corrected chi connectivity index (χ4v) is 1.41. The molecule has 16 heavy (non-hydrogen) atoms. The molecule has 0 bridgehead atoms. The van der Waals surface area contributed by atoms with Gasteiger partial charge in [0.2, 0.25) is 0 Å². The van der Waals surface area contributed by atoms with Gasteiger partial charge in [0.15, 0.2) is 0 Å². The normalized spacial score (nSPS) is 17.7. The number of urea groups is 1. The van der Waals surface area contributed by atoms with Crippen molar-refractivity contribution in [1.29, 1.82) is 0 Å². The minimum atomic E-state index is -0.471. The first kappa shape index (κ1) is 10.6. The Labute approximate surface area is 96.8 Å². The van der Waals surface area contributed by atoms with Gasteiger partial charge in [-0.15, -0.1) is 0 Å². The van der Waals surface area contributed by atoms with Gasteiger partial charge in [-0.2, -0.15) is 4.99 Å². The summed E-state index contributed by atoms with van der Waals surface area (Å²) < 4.78 is 0.928. The van der Waals surface area contributed by atoms with Gasteiger partial charge < -0.3 is 0 Å². The van der Waals surface area contributed by atoms with Gasteiger partial charge >= 0.3 is 6.03 Å². The van der Waals surface area contributed by atoms with Gasteiger partial charge in [-0.05, 0) is 12.1 Å². The molecule has 1 aliphatic rings. The molecule has 1 aromatic rings. The van der Waals surface area contributed by atoms with Gasteiger partial charge in [0.05, 0.1) is 6.54 Å². The maximum Gasteiger partial charge on any atom is 0.337 e. The Kier molecular flexibility index (Phi) is 2.87. The third kappa shape index (κ3) is 2.20. The van der Waals surface area contributed by atoms with Crippen molar-refractivity contribution < 1.29 is 9.59 Å². The van der Waals surface area contributed by atoms with Crippen molar-refractivity contribution in [2.45, 2.75) is 0 Å². The highest BCUT2D eigenvalue weighted by molar-refractivity contribution is 6.27. The van der Waals surface area contributed by atoms with Gasteiger partial charge in [0, 0.05) is 17.3 Å². The lowest BCUT2D eigenvalue weighted by molar-refractivity contribution is 0.100. The molecule has 1 heterocycles. The van der Waals surface area contributed by atoms with E-state index in [4.69, 9.17) is 11.8 Å². The zero-order chi connectivity index (χ0) is 11.5. The molecule has 2 rings (SSSR count). The van der Waals surface area contributed by atoms with E-state index in [-0.39, 0.29) is 12.4 Å². The zero-order valence-electron chi connectivity index (χ0n) is 8.18. The summed E-state index contributed by atoms with van der Waals surface area (Å²) in [6.45, 7) is 0.110. The van der Waals surface area contributed by atoms with Gasteiger partial charge in [0.25, 0.3) is 5.91 Å². The maximum atomic E-state index is 11.6. The standard InChI is InChI=1S/C10H8ClN3O2/c11-14-6-8(13-10(14)16)12-9(15)7-4-2-1-3-5-7/h1-5H,6H2,(H,12,13,15,16). The Hall–Kier alpha value is -1.88. The number of amides is 3. The van der Waals surface area contributed by atoms with E-state index in [0.717, 1.165) is 4.42 Å². The summed E-state index contributed by atoms with van der Waals surface area (Å²) in [5, 5.41) is 2.39.